The Morgan fingerprint density at radius 2 is 1.81 bits per heavy atom. The van der Waals surface area contributed by atoms with E-state index in [1.807, 2.05) is 0 Å². The fourth-order valence-corrected chi connectivity index (χ4v) is 3.47. The molecule has 0 aliphatic rings. The Kier molecular flexibility index (Phi) is 4.26. The van der Waals surface area contributed by atoms with Gasteiger partial charge in [-0.1, -0.05) is 17.8 Å². The molecule has 2 heterocycles. The number of fused-ring (bicyclic) bond motifs is 1. The number of aromatic nitrogens is 4. The van der Waals surface area contributed by atoms with Gasteiger partial charge in [-0.2, -0.15) is 0 Å². The third-order valence-corrected chi connectivity index (χ3v) is 4.92. The van der Waals surface area contributed by atoms with E-state index >= 15 is 0 Å². The maximum Gasteiger partial charge on any atom is 0.210 e. The number of nitrogens with zero attached hydrogens (tertiary/aromatic N) is 4. The molecule has 0 saturated heterocycles. The van der Waals surface area contributed by atoms with Gasteiger partial charge in [0.05, 0.1) is 5.52 Å². The van der Waals surface area contributed by atoms with Crippen molar-refractivity contribution in [1.29, 1.82) is 0 Å². The van der Waals surface area contributed by atoms with Crippen molar-refractivity contribution in [2.75, 3.05) is 5.84 Å². The van der Waals surface area contributed by atoms with Gasteiger partial charge in [-0.05, 0) is 48.0 Å². The first-order chi connectivity index (χ1) is 12.6. The van der Waals surface area contributed by atoms with E-state index in [0.717, 1.165) is 5.56 Å². The first-order valence-corrected chi connectivity index (χ1v) is 8.73. The van der Waals surface area contributed by atoms with Crippen LogP contribution in [-0.4, -0.2) is 19.9 Å². The fraction of sp³-hybridized carbons (Fsp3) is 0.0556. The zero-order valence-electron chi connectivity index (χ0n) is 13.4. The van der Waals surface area contributed by atoms with Crippen LogP contribution in [-0.2, 0) is 5.75 Å². The summed E-state index contributed by atoms with van der Waals surface area (Å²) in [4.78, 5) is 4.27. The Hall–Kier alpha value is -3.00. The predicted octanol–water partition coefficient (Wildman–Crippen LogP) is 3.78. The van der Waals surface area contributed by atoms with Crippen LogP contribution in [0.25, 0.3) is 22.3 Å². The zero-order valence-corrected chi connectivity index (χ0v) is 14.3. The van der Waals surface area contributed by atoms with E-state index in [1.165, 1.54) is 34.6 Å². The summed E-state index contributed by atoms with van der Waals surface area (Å²) < 4.78 is 28.3. The van der Waals surface area contributed by atoms with Crippen LogP contribution in [0, 0.1) is 11.6 Å². The highest BCUT2D eigenvalue weighted by molar-refractivity contribution is 7.98. The molecule has 0 aliphatic carbocycles. The molecule has 2 aromatic carbocycles. The molecule has 0 unspecified atom stereocenters. The third-order valence-electron chi connectivity index (χ3n) is 3.92. The van der Waals surface area contributed by atoms with Crippen molar-refractivity contribution in [3.63, 3.8) is 0 Å². The highest BCUT2D eigenvalue weighted by atomic mass is 32.2. The van der Waals surface area contributed by atoms with Crippen molar-refractivity contribution in [2.45, 2.75) is 10.9 Å². The number of hydrogen-bond acceptors (Lipinski definition) is 5. The van der Waals surface area contributed by atoms with Crippen LogP contribution in [0.15, 0.2) is 59.9 Å². The van der Waals surface area contributed by atoms with Gasteiger partial charge in [-0.25, -0.2) is 13.5 Å². The average Bonchev–Trinajstić information content (AvgIpc) is 3.03. The molecular formula is C18H13F2N5S. The molecule has 0 aliphatic heterocycles. The Balaban J connectivity index is 1.60. The smallest absolute Gasteiger partial charge is 0.210 e. The first kappa shape index (κ1) is 16.5. The minimum atomic E-state index is -0.331. The fourth-order valence-electron chi connectivity index (χ4n) is 2.63. The van der Waals surface area contributed by atoms with Crippen molar-refractivity contribution < 1.29 is 8.78 Å². The zero-order chi connectivity index (χ0) is 18.1. The topological polar surface area (TPSA) is 69.6 Å². The van der Waals surface area contributed by atoms with Crippen LogP contribution in [0.3, 0.4) is 0 Å². The number of halogens is 2. The second-order valence-electron chi connectivity index (χ2n) is 5.58. The van der Waals surface area contributed by atoms with E-state index in [2.05, 4.69) is 15.2 Å². The molecule has 0 amide bonds. The minimum Gasteiger partial charge on any atom is -0.335 e. The molecule has 0 radical (unpaired) electrons. The van der Waals surface area contributed by atoms with E-state index in [9.17, 15) is 8.78 Å². The number of thioether (sulfide) groups is 1. The standard InChI is InChI=1S/C18H13F2N5S/c19-13-6-3-11(4-7-13)17-23-24-18(25(17)21)26-10-12-5-8-15(20)14-2-1-9-22-16(12)14/h1-9H,10,21H2. The van der Waals surface area contributed by atoms with Gasteiger partial charge in [0.2, 0.25) is 5.16 Å². The number of nitrogen functional groups attached to an aromatic ring is 1. The monoisotopic (exact) mass is 369 g/mol. The number of rotatable bonds is 4. The summed E-state index contributed by atoms with van der Waals surface area (Å²) in [6.45, 7) is 0. The van der Waals surface area contributed by atoms with E-state index in [0.29, 0.717) is 33.2 Å². The Morgan fingerprint density at radius 3 is 2.62 bits per heavy atom. The van der Waals surface area contributed by atoms with Crippen LogP contribution < -0.4 is 5.84 Å². The van der Waals surface area contributed by atoms with E-state index < -0.39 is 0 Å². The van der Waals surface area contributed by atoms with E-state index in [1.54, 1.807) is 36.5 Å². The van der Waals surface area contributed by atoms with Crippen LogP contribution in [0.1, 0.15) is 5.56 Å². The molecule has 8 heteroatoms. The summed E-state index contributed by atoms with van der Waals surface area (Å²) in [5.41, 5.74) is 2.15. The number of nitrogens with two attached hydrogens (primary N) is 1. The van der Waals surface area contributed by atoms with Crippen molar-refractivity contribution in [3.8, 4) is 11.4 Å². The molecule has 2 N–H and O–H groups in total. The molecule has 4 rings (SSSR count). The summed E-state index contributed by atoms with van der Waals surface area (Å²) in [7, 11) is 0. The van der Waals surface area contributed by atoms with Crippen LogP contribution >= 0.6 is 11.8 Å². The molecule has 0 spiro atoms. The summed E-state index contributed by atoms with van der Waals surface area (Å²) in [6, 6.07) is 12.4. The lowest BCUT2D eigenvalue weighted by atomic mass is 10.1. The van der Waals surface area contributed by atoms with Gasteiger partial charge in [0.15, 0.2) is 5.82 Å². The second-order valence-corrected chi connectivity index (χ2v) is 6.52. The van der Waals surface area contributed by atoms with Crippen LogP contribution in [0.4, 0.5) is 8.78 Å². The Labute approximate surface area is 151 Å². The lowest BCUT2D eigenvalue weighted by molar-refractivity contribution is 0.628. The van der Waals surface area contributed by atoms with Gasteiger partial charge in [-0.15, -0.1) is 10.2 Å². The SMILES string of the molecule is Nn1c(SCc2ccc(F)c3cccnc23)nnc1-c1ccc(F)cc1. The highest BCUT2D eigenvalue weighted by Gasteiger charge is 2.14. The van der Waals surface area contributed by atoms with Gasteiger partial charge in [0, 0.05) is 22.9 Å². The van der Waals surface area contributed by atoms with Gasteiger partial charge in [-0.3, -0.25) is 4.98 Å². The van der Waals surface area contributed by atoms with Gasteiger partial charge in [0.1, 0.15) is 11.6 Å². The largest absolute Gasteiger partial charge is 0.335 e. The van der Waals surface area contributed by atoms with Gasteiger partial charge >= 0.3 is 0 Å². The third kappa shape index (κ3) is 2.99. The molecule has 26 heavy (non-hydrogen) atoms. The molecule has 0 atom stereocenters. The van der Waals surface area contributed by atoms with Crippen molar-refractivity contribution >= 4 is 22.7 Å². The minimum absolute atomic E-state index is 0.303. The number of pyridine rings is 1. The second kappa shape index (κ2) is 6.72. The molecule has 130 valence electrons. The van der Waals surface area contributed by atoms with E-state index in [4.69, 9.17) is 5.84 Å². The molecule has 2 aromatic heterocycles. The summed E-state index contributed by atoms with van der Waals surface area (Å²) in [6.07, 6.45) is 1.63. The quantitative estimate of drug-likeness (QED) is 0.438. The molecule has 0 bridgehead atoms. The highest BCUT2D eigenvalue weighted by Crippen LogP contribution is 2.28. The summed E-state index contributed by atoms with van der Waals surface area (Å²) >= 11 is 1.37. The lowest BCUT2D eigenvalue weighted by Crippen LogP contribution is -2.11. The molecule has 4 aromatic rings. The first-order valence-electron chi connectivity index (χ1n) is 7.75. The molecular weight excluding hydrogens is 356 g/mol. The maximum absolute atomic E-state index is 13.9. The summed E-state index contributed by atoms with van der Waals surface area (Å²) in [5, 5.41) is 9.14. The number of benzene rings is 2. The maximum atomic E-state index is 13.9. The van der Waals surface area contributed by atoms with Crippen molar-refractivity contribution in [1.82, 2.24) is 19.9 Å². The van der Waals surface area contributed by atoms with Crippen molar-refractivity contribution in [2.24, 2.45) is 0 Å². The molecule has 0 saturated carbocycles. The van der Waals surface area contributed by atoms with Crippen molar-refractivity contribution in [3.05, 3.63) is 71.9 Å². The predicted molar refractivity (Wildman–Crippen MR) is 96.8 cm³/mol. The van der Waals surface area contributed by atoms with Gasteiger partial charge in [0.25, 0.3) is 0 Å². The van der Waals surface area contributed by atoms with Gasteiger partial charge < -0.3 is 5.84 Å². The van der Waals surface area contributed by atoms with E-state index in [-0.39, 0.29) is 11.6 Å². The normalized spacial score (nSPS) is 11.2. The Bertz CT molecular complexity index is 1080. The molecule has 0 fully saturated rings. The molecule has 5 nitrogen and oxygen atoms in total. The van der Waals surface area contributed by atoms with Crippen LogP contribution in [0.2, 0.25) is 0 Å². The Morgan fingerprint density at radius 1 is 1.00 bits per heavy atom. The van der Waals surface area contributed by atoms with Crippen LogP contribution in [0.5, 0.6) is 0 Å². The number of hydrogen-bond donors (Lipinski definition) is 1. The lowest BCUT2D eigenvalue weighted by Gasteiger charge is -2.07. The average molecular weight is 369 g/mol. The summed E-state index contributed by atoms with van der Waals surface area (Å²) in [5.74, 6) is 6.39.